The lowest BCUT2D eigenvalue weighted by atomic mass is 10.1. The predicted molar refractivity (Wildman–Crippen MR) is 80.3 cm³/mol. The molecule has 16 heavy (non-hydrogen) atoms. The van der Waals surface area contributed by atoms with E-state index in [-0.39, 0.29) is 0 Å². The van der Waals surface area contributed by atoms with Crippen LogP contribution in [0.1, 0.15) is 12.5 Å². The third-order valence-electron chi connectivity index (χ3n) is 2.64. The fourth-order valence-electron chi connectivity index (χ4n) is 1.64. The van der Waals surface area contributed by atoms with Crippen molar-refractivity contribution in [2.24, 2.45) is 0 Å². The number of hydrogen-bond acceptors (Lipinski definition) is 2. The standard InChI is InChI=1S/C12H17BrClNS/c1-9(8-16-3)15(2)12-10(7-13)5-4-6-11(12)14/h4-6,9H,7-8H2,1-3H3. The molecule has 0 N–H and O–H groups in total. The third kappa shape index (κ3) is 3.31. The first-order valence-electron chi connectivity index (χ1n) is 5.17. The summed E-state index contributed by atoms with van der Waals surface area (Å²) in [6, 6.07) is 6.53. The molecule has 0 radical (unpaired) electrons. The number of hydrogen-bond donors (Lipinski definition) is 0. The SMILES string of the molecule is CSCC(C)N(C)c1c(Cl)cccc1CBr. The highest BCUT2D eigenvalue weighted by Gasteiger charge is 2.15. The highest BCUT2D eigenvalue weighted by Crippen LogP contribution is 2.32. The van der Waals surface area contributed by atoms with Crippen LogP contribution in [0.2, 0.25) is 5.02 Å². The van der Waals surface area contributed by atoms with Crippen LogP contribution in [0.4, 0.5) is 5.69 Å². The number of para-hydroxylation sites is 1. The normalized spacial score (nSPS) is 12.6. The Hall–Kier alpha value is 0.140. The Kier molecular flexibility index (Phi) is 6.01. The van der Waals surface area contributed by atoms with E-state index in [4.69, 9.17) is 11.6 Å². The highest BCUT2D eigenvalue weighted by atomic mass is 79.9. The first kappa shape index (κ1) is 14.2. The lowest BCUT2D eigenvalue weighted by Crippen LogP contribution is -2.31. The van der Waals surface area contributed by atoms with E-state index >= 15 is 0 Å². The van der Waals surface area contributed by atoms with E-state index in [1.54, 1.807) is 0 Å². The molecule has 90 valence electrons. The number of nitrogens with zero attached hydrogens (tertiary/aromatic N) is 1. The Bertz CT molecular complexity index is 346. The van der Waals surface area contributed by atoms with Crippen molar-refractivity contribution < 1.29 is 0 Å². The lowest BCUT2D eigenvalue weighted by molar-refractivity contribution is 0.763. The molecule has 0 saturated carbocycles. The Labute approximate surface area is 116 Å². The molecular weight excluding hydrogens is 306 g/mol. The molecule has 0 saturated heterocycles. The van der Waals surface area contributed by atoms with Gasteiger partial charge in [-0.15, -0.1) is 0 Å². The van der Waals surface area contributed by atoms with E-state index < -0.39 is 0 Å². The zero-order valence-corrected chi connectivity index (χ0v) is 13.0. The molecule has 1 aromatic carbocycles. The van der Waals surface area contributed by atoms with Crippen molar-refractivity contribution in [2.45, 2.75) is 18.3 Å². The summed E-state index contributed by atoms with van der Waals surface area (Å²) in [5, 5.41) is 1.66. The number of thioether (sulfide) groups is 1. The highest BCUT2D eigenvalue weighted by molar-refractivity contribution is 9.08. The van der Waals surface area contributed by atoms with Gasteiger partial charge in [-0.05, 0) is 24.8 Å². The number of rotatable bonds is 5. The quantitative estimate of drug-likeness (QED) is 0.738. The molecule has 0 amide bonds. The summed E-state index contributed by atoms with van der Waals surface area (Å²) < 4.78 is 0. The van der Waals surface area contributed by atoms with Gasteiger partial charge in [0.05, 0.1) is 10.7 Å². The van der Waals surface area contributed by atoms with E-state index in [0.29, 0.717) is 6.04 Å². The van der Waals surface area contributed by atoms with Crippen LogP contribution in [-0.2, 0) is 5.33 Å². The average molecular weight is 323 g/mol. The minimum Gasteiger partial charge on any atom is -0.370 e. The van der Waals surface area contributed by atoms with Crippen molar-refractivity contribution in [3.63, 3.8) is 0 Å². The van der Waals surface area contributed by atoms with Gasteiger partial charge in [0, 0.05) is 24.2 Å². The fourth-order valence-corrected chi connectivity index (χ4v) is 3.12. The maximum absolute atomic E-state index is 6.28. The molecule has 1 aromatic rings. The first-order chi connectivity index (χ1) is 7.61. The summed E-state index contributed by atoms with van der Waals surface area (Å²) in [6.07, 6.45) is 2.13. The third-order valence-corrected chi connectivity index (χ3v) is 4.36. The van der Waals surface area contributed by atoms with Crippen molar-refractivity contribution in [1.29, 1.82) is 0 Å². The summed E-state index contributed by atoms with van der Waals surface area (Å²) in [5.74, 6) is 1.10. The maximum Gasteiger partial charge on any atom is 0.0642 e. The van der Waals surface area contributed by atoms with E-state index in [1.807, 2.05) is 23.9 Å². The number of benzene rings is 1. The molecule has 0 aliphatic carbocycles. The van der Waals surface area contributed by atoms with E-state index in [9.17, 15) is 0 Å². The topological polar surface area (TPSA) is 3.24 Å². The molecule has 1 atom stereocenters. The molecule has 0 heterocycles. The molecule has 0 fully saturated rings. The average Bonchev–Trinajstić information content (AvgIpc) is 2.28. The van der Waals surface area contributed by atoms with Crippen LogP contribution in [0.25, 0.3) is 0 Å². The zero-order chi connectivity index (χ0) is 12.1. The second-order valence-electron chi connectivity index (χ2n) is 3.80. The Morgan fingerprint density at radius 3 is 2.75 bits per heavy atom. The van der Waals surface area contributed by atoms with Gasteiger partial charge in [-0.25, -0.2) is 0 Å². The van der Waals surface area contributed by atoms with Gasteiger partial charge in [-0.2, -0.15) is 11.8 Å². The number of anilines is 1. The number of alkyl halides is 1. The number of halogens is 2. The Morgan fingerprint density at radius 2 is 2.19 bits per heavy atom. The van der Waals surface area contributed by atoms with Crippen LogP contribution < -0.4 is 4.90 Å². The van der Waals surface area contributed by atoms with Gasteiger partial charge in [-0.3, -0.25) is 0 Å². The second kappa shape index (κ2) is 6.77. The molecule has 4 heteroatoms. The van der Waals surface area contributed by atoms with Gasteiger partial charge in [-0.1, -0.05) is 39.7 Å². The maximum atomic E-state index is 6.28. The summed E-state index contributed by atoms with van der Waals surface area (Å²) in [4.78, 5) is 2.26. The lowest BCUT2D eigenvalue weighted by Gasteiger charge is -2.29. The Balaban J connectivity index is 3.01. The molecular formula is C12H17BrClNS. The smallest absolute Gasteiger partial charge is 0.0642 e. The van der Waals surface area contributed by atoms with Crippen LogP contribution in [0, 0.1) is 0 Å². The van der Waals surface area contributed by atoms with Gasteiger partial charge < -0.3 is 4.90 Å². The summed E-state index contributed by atoms with van der Waals surface area (Å²) in [7, 11) is 2.11. The van der Waals surface area contributed by atoms with Crippen molar-refractivity contribution in [1.82, 2.24) is 0 Å². The van der Waals surface area contributed by atoms with E-state index in [0.717, 1.165) is 21.8 Å². The molecule has 0 bridgehead atoms. The summed E-state index contributed by atoms with van der Waals surface area (Å²) >= 11 is 11.6. The molecule has 0 spiro atoms. The van der Waals surface area contributed by atoms with Crippen molar-refractivity contribution in [2.75, 3.05) is 24.0 Å². The van der Waals surface area contributed by atoms with Gasteiger partial charge in [0.2, 0.25) is 0 Å². The molecule has 0 aliphatic heterocycles. The summed E-state index contributed by atoms with van der Waals surface area (Å²) in [5.41, 5.74) is 2.38. The van der Waals surface area contributed by atoms with Gasteiger partial charge >= 0.3 is 0 Å². The van der Waals surface area contributed by atoms with Gasteiger partial charge in [0.25, 0.3) is 0 Å². The minimum atomic E-state index is 0.479. The fraction of sp³-hybridized carbons (Fsp3) is 0.500. The van der Waals surface area contributed by atoms with Crippen LogP contribution in [0.3, 0.4) is 0 Å². The molecule has 0 aromatic heterocycles. The second-order valence-corrected chi connectivity index (χ2v) is 5.68. The van der Waals surface area contributed by atoms with Crippen LogP contribution >= 0.6 is 39.3 Å². The van der Waals surface area contributed by atoms with Crippen LogP contribution in [0.5, 0.6) is 0 Å². The van der Waals surface area contributed by atoms with Crippen LogP contribution in [0.15, 0.2) is 18.2 Å². The van der Waals surface area contributed by atoms with Gasteiger partial charge in [0.1, 0.15) is 0 Å². The summed E-state index contributed by atoms with van der Waals surface area (Å²) in [6.45, 7) is 2.22. The Morgan fingerprint density at radius 1 is 1.50 bits per heavy atom. The zero-order valence-electron chi connectivity index (χ0n) is 9.84. The molecule has 0 aliphatic rings. The largest absolute Gasteiger partial charge is 0.370 e. The molecule has 1 nitrogen and oxygen atoms in total. The van der Waals surface area contributed by atoms with Crippen molar-refractivity contribution >= 4 is 45.0 Å². The first-order valence-corrected chi connectivity index (χ1v) is 8.06. The monoisotopic (exact) mass is 321 g/mol. The van der Waals surface area contributed by atoms with E-state index in [1.165, 1.54) is 5.56 Å². The van der Waals surface area contributed by atoms with Crippen molar-refractivity contribution in [3.8, 4) is 0 Å². The minimum absolute atomic E-state index is 0.479. The van der Waals surface area contributed by atoms with Gasteiger partial charge in [0.15, 0.2) is 0 Å². The van der Waals surface area contributed by atoms with Crippen molar-refractivity contribution in [3.05, 3.63) is 28.8 Å². The molecule has 1 unspecified atom stereocenters. The predicted octanol–water partition coefficient (Wildman–Crippen LogP) is 4.42. The van der Waals surface area contributed by atoms with E-state index in [2.05, 4.69) is 47.1 Å². The van der Waals surface area contributed by atoms with Crippen LogP contribution in [-0.4, -0.2) is 25.1 Å². The molecule has 1 rings (SSSR count).